The molecular formula is C13H10N2O4. The van der Waals surface area contributed by atoms with Crippen LogP contribution < -0.4 is 4.90 Å². The summed E-state index contributed by atoms with van der Waals surface area (Å²) in [6.45, 7) is 0.552. The third kappa shape index (κ3) is 1.87. The summed E-state index contributed by atoms with van der Waals surface area (Å²) in [4.78, 5) is 28.4. The Bertz CT molecular complexity index is 683. The Morgan fingerprint density at radius 3 is 2.84 bits per heavy atom. The number of aromatic carboxylic acids is 1. The molecule has 1 amide bonds. The lowest BCUT2D eigenvalue weighted by atomic mass is 10.1. The minimum absolute atomic E-state index is 0.00227. The first-order chi connectivity index (χ1) is 9.16. The van der Waals surface area contributed by atoms with Crippen LogP contribution in [-0.2, 0) is 4.74 Å². The summed E-state index contributed by atoms with van der Waals surface area (Å²) >= 11 is 0. The van der Waals surface area contributed by atoms with Crippen LogP contribution in [0.1, 0.15) is 10.4 Å². The summed E-state index contributed by atoms with van der Waals surface area (Å²) < 4.78 is 4.82. The van der Waals surface area contributed by atoms with E-state index < -0.39 is 12.1 Å². The van der Waals surface area contributed by atoms with Crippen LogP contribution in [0, 0.1) is 0 Å². The number of carboxylic acids is 1. The molecule has 2 aromatic rings. The molecule has 96 valence electrons. The van der Waals surface area contributed by atoms with E-state index in [9.17, 15) is 14.7 Å². The first kappa shape index (κ1) is 11.5. The number of para-hydroxylation sites is 1. The summed E-state index contributed by atoms with van der Waals surface area (Å²) in [5.41, 5.74) is 0.639. The molecule has 1 aliphatic rings. The van der Waals surface area contributed by atoms with E-state index in [1.54, 1.807) is 18.2 Å². The molecule has 0 saturated carbocycles. The van der Waals surface area contributed by atoms with Gasteiger partial charge in [-0.15, -0.1) is 0 Å². The number of ether oxygens (including phenoxy) is 1. The summed E-state index contributed by atoms with van der Waals surface area (Å²) in [7, 11) is 0. The van der Waals surface area contributed by atoms with E-state index in [-0.39, 0.29) is 18.0 Å². The van der Waals surface area contributed by atoms with Gasteiger partial charge in [-0.05, 0) is 12.1 Å². The van der Waals surface area contributed by atoms with E-state index in [0.29, 0.717) is 12.1 Å². The van der Waals surface area contributed by atoms with Gasteiger partial charge >= 0.3 is 12.1 Å². The SMILES string of the molecule is O=C(O)c1cc2ccccc2nc1N1CCOC1=O. The maximum atomic E-state index is 11.6. The van der Waals surface area contributed by atoms with Crippen molar-refractivity contribution in [1.29, 1.82) is 0 Å². The number of anilines is 1. The molecule has 1 fully saturated rings. The second kappa shape index (κ2) is 4.24. The second-order valence-corrected chi connectivity index (χ2v) is 4.12. The van der Waals surface area contributed by atoms with Crippen molar-refractivity contribution in [1.82, 2.24) is 4.98 Å². The van der Waals surface area contributed by atoms with Crippen LogP contribution in [0.4, 0.5) is 10.6 Å². The number of carbonyl (C=O) groups excluding carboxylic acids is 1. The Morgan fingerprint density at radius 2 is 2.16 bits per heavy atom. The van der Waals surface area contributed by atoms with E-state index in [1.807, 2.05) is 6.07 Å². The van der Waals surface area contributed by atoms with Crippen LogP contribution in [0.5, 0.6) is 0 Å². The number of carbonyl (C=O) groups is 2. The molecule has 6 nitrogen and oxygen atoms in total. The number of rotatable bonds is 2. The highest BCUT2D eigenvalue weighted by molar-refractivity contribution is 6.02. The van der Waals surface area contributed by atoms with Gasteiger partial charge in [0.15, 0.2) is 5.82 Å². The van der Waals surface area contributed by atoms with Crippen LogP contribution in [0.3, 0.4) is 0 Å². The lowest BCUT2D eigenvalue weighted by Crippen LogP contribution is -2.26. The molecule has 0 atom stereocenters. The number of hydrogen-bond donors (Lipinski definition) is 1. The average molecular weight is 258 g/mol. The fourth-order valence-corrected chi connectivity index (χ4v) is 2.05. The molecule has 1 aromatic heterocycles. The van der Waals surface area contributed by atoms with Crippen LogP contribution in [0.2, 0.25) is 0 Å². The van der Waals surface area contributed by atoms with Gasteiger partial charge in [0.25, 0.3) is 0 Å². The number of cyclic esters (lactones) is 1. The Kier molecular flexibility index (Phi) is 2.56. The third-order valence-electron chi connectivity index (χ3n) is 2.95. The van der Waals surface area contributed by atoms with Crippen molar-refractivity contribution in [3.63, 3.8) is 0 Å². The van der Waals surface area contributed by atoms with E-state index in [4.69, 9.17) is 4.74 Å². The molecule has 19 heavy (non-hydrogen) atoms. The molecule has 0 aliphatic carbocycles. The lowest BCUT2D eigenvalue weighted by Gasteiger charge is -2.15. The number of pyridine rings is 1. The van der Waals surface area contributed by atoms with Crippen LogP contribution in [0.25, 0.3) is 10.9 Å². The highest BCUT2D eigenvalue weighted by Crippen LogP contribution is 2.25. The van der Waals surface area contributed by atoms with Gasteiger partial charge in [-0.25, -0.2) is 14.6 Å². The normalized spacial score (nSPS) is 14.7. The van der Waals surface area contributed by atoms with Crippen LogP contribution in [0.15, 0.2) is 30.3 Å². The van der Waals surface area contributed by atoms with Crippen molar-refractivity contribution in [2.24, 2.45) is 0 Å². The highest BCUT2D eigenvalue weighted by Gasteiger charge is 2.29. The zero-order chi connectivity index (χ0) is 13.4. The first-order valence-electron chi connectivity index (χ1n) is 5.74. The number of carboxylic acid groups (broad SMARTS) is 1. The van der Waals surface area contributed by atoms with Crippen molar-refractivity contribution in [2.75, 3.05) is 18.1 Å². The molecule has 1 aliphatic heterocycles. The first-order valence-corrected chi connectivity index (χ1v) is 5.74. The smallest absolute Gasteiger partial charge is 0.415 e. The minimum atomic E-state index is -1.12. The minimum Gasteiger partial charge on any atom is -0.478 e. The van der Waals surface area contributed by atoms with E-state index >= 15 is 0 Å². The molecule has 1 saturated heterocycles. The van der Waals surface area contributed by atoms with E-state index in [1.165, 1.54) is 11.0 Å². The molecule has 0 bridgehead atoms. The number of fused-ring (bicyclic) bond motifs is 1. The van der Waals surface area contributed by atoms with Gasteiger partial charge < -0.3 is 9.84 Å². The topological polar surface area (TPSA) is 79.7 Å². The number of hydrogen-bond acceptors (Lipinski definition) is 4. The predicted octanol–water partition coefficient (Wildman–Crippen LogP) is 1.89. The molecule has 0 radical (unpaired) electrons. The molecule has 0 spiro atoms. The molecule has 6 heteroatoms. The Morgan fingerprint density at radius 1 is 1.37 bits per heavy atom. The van der Waals surface area contributed by atoms with Gasteiger partial charge in [0.2, 0.25) is 0 Å². The molecule has 1 N–H and O–H groups in total. The van der Waals surface area contributed by atoms with Crippen molar-refractivity contribution < 1.29 is 19.4 Å². The number of amides is 1. The quantitative estimate of drug-likeness (QED) is 0.889. The zero-order valence-electron chi connectivity index (χ0n) is 9.87. The Labute approximate surface area is 108 Å². The van der Waals surface area contributed by atoms with Crippen LogP contribution in [-0.4, -0.2) is 35.3 Å². The standard InChI is InChI=1S/C13H10N2O4/c16-12(17)9-7-8-3-1-2-4-10(8)14-11(9)15-5-6-19-13(15)18/h1-4,7H,5-6H2,(H,16,17). The monoisotopic (exact) mass is 258 g/mol. The van der Waals surface area contributed by atoms with Gasteiger partial charge in [0.05, 0.1) is 12.1 Å². The van der Waals surface area contributed by atoms with Crippen molar-refractivity contribution in [2.45, 2.75) is 0 Å². The zero-order valence-corrected chi connectivity index (χ0v) is 9.87. The van der Waals surface area contributed by atoms with Gasteiger partial charge in [0, 0.05) is 5.39 Å². The fraction of sp³-hybridized carbons (Fsp3) is 0.154. The summed E-state index contributed by atoms with van der Waals surface area (Å²) in [6, 6.07) is 8.68. The highest BCUT2D eigenvalue weighted by atomic mass is 16.6. The van der Waals surface area contributed by atoms with Gasteiger partial charge in [-0.1, -0.05) is 18.2 Å². The largest absolute Gasteiger partial charge is 0.478 e. The van der Waals surface area contributed by atoms with E-state index in [2.05, 4.69) is 4.98 Å². The van der Waals surface area contributed by atoms with Gasteiger partial charge in [0.1, 0.15) is 12.2 Å². The summed E-state index contributed by atoms with van der Waals surface area (Å²) in [5.74, 6) is -0.985. The van der Waals surface area contributed by atoms with Gasteiger partial charge in [-0.2, -0.15) is 0 Å². The van der Waals surface area contributed by atoms with Gasteiger partial charge in [-0.3, -0.25) is 4.90 Å². The maximum Gasteiger partial charge on any atom is 0.415 e. The maximum absolute atomic E-state index is 11.6. The van der Waals surface area contributed by atoms with Crippen molar-refractivity contribution >= 4 is 28.8 Å². The number of benzene rings is 1. The Balaban J connectivity index is 2.23. The second-order valence-electron chi connectivity index (χ2n) is 4.12. The molecule has 2 heterocycles. The molecule has 3 rings (SSSR count). The van der Waals surface area contributed by atoms with Crippen molar-refractivity contribution in [3.8, 4) is 0 Å². The van der Waals surface area contributed by atoms with Crippen molar-refractivity contribution in [3.05, 3.63) is 35.9 Å². The number of nitrogens with zero attached hydrogens (tertiary/aromatic N) is 2. The lowest BCUT2D eigenvalue weighted by molar-refractivity contribution is 0.0697. The predicted molar refractivity (Wildman–Crippen MR) is 67.4 cm³/mol. The Hall–Kier alpha value is -2.63. The molecular weight excluding hydrogens is 248 g/mol. The summed E-state index contributed by atoms with van der Waals surface area (Å²) in [6.07, 6.45) is -0.565. The summed E-state index contributed by atoms with van der Waals surface area (Å²) in [5, 5.41) is 9.97. The van der Waals surface area contributed by atoms with E-state index in [0.717, 1.165) is 5.39 Å². The average Bonchev–Trinajstić information content (AvgIpc) is 2.83. The third-order valence-corrected chi connectivity index (χ3v) is 2.95. The molecule has 0 unspecified atom stereocenters. The molecule has 1 aromatic carbocycles. The van der Waals surface area contributed by atoms with Crippen LogP contribution >= 0.6 is 0 Å². The fourth-order valence-electron chi connectivity index (χ4n) is 2.05. The number of aromatic nitrogens is 1.